The highest BCUT2D eigenvalue weighted by Gasteiger charge is 2.35. The molecule has 0 saturated carbocycles. The Balaban J connectivity index is 1.15. The van der Waals surface area contributed by atoms with Gasteiger partial charge in [-0.3, -0.25) is 9.59 Å². The average molecular weight is 1120 g/mol. The molecule has 0 atom stereocenters. The topological polar surface area (TPSA) is 96.0 Å². The Kier molecular flexibility index (Phi) is 23.1. The zero-order valence-electron chi connectivity index (χ0n) is 51.1. The van der Waals surface area contributed by atoms with Gasteiger partial charge in [0, 0.05) is 71.4 Å². The Bertz CT molecular complexity index is 2750. The standard InChI is InChI=1S/C68H92N2O8Si2/c1-47(2)75-79(15,76-48(3)4)41-17-39-73-67(71)37-25-57-21-31-61(32-22-57)69(63-29-19-51(9)53(11)45-63)65-35-27-59(43-55(65)13)60-28-36-66(56(14)44-60)70(64-30-20-52(10)54(12)46-64)62-33-23-58(24-34-62)26-38-68(72)74-40-18-42-80(16,77-49(5)6)78-50(7)8/h19-24,27-36,43-50H,17-18,25-26,37-42H2,1-16H3. The van der Waals surface area contributed by atoms with Gasteiger partial charge in [-0.15, -0.1) is 0 Å². The first-order valence-electron chi connectivity index (χ1n) is 29.1. The summed E-state index contributed by atoms with van der Waals surface area (Å²) >= 11 is 0. The molecular weight excluding hydrogens is 1030 g/mol. The molecule has 0 saturated heterocycles. The third-order valence-electron chi connectivity index (χ3n) is 14.3. The van der Waals surface area contributed by atoms with Crippen molar-refractivity contribution in [3.05, 3.63) is 166 Å². The third kappa shape index (κ3) is 18.6. The first-order chi connectivity index (χ1) is 37.9. The predicted octanol–water partition coefficient (Wildman–Crippen LogP) is 17.7. The summed E-state index contributed by atoms with van der Waals surface area (Å²) in [5.74, 6) is -0.389. The predicted molar refractivity (Wildman–Crippen MR) is 335 cm³/mol. The van der Waals surface area contributed by atoms with Gasteiger partial charge in [-0.1, -0.05) is 48.5 Å². The first-order valence-corrected chi connectivity index (χ1v) is 34.1. The average Bonchev–Trinajstić information content (AvgIpc) is 3.43. The van der Waals surface area contributed by atoms with Crippen LogP contribution in [0.4, 0.5) is 34.1 Å². The SMILES string of the molecule is Cc1ccc(N(c2ccc(CCC(=O)OCCC[Si](C)(OC(C)C)OC(C)C)cc2)c2ccc(-c3ccc(N(c4ccc(CCC(=O)OCCC[Si](C)(OC(C)C)OC(C)C)cc4)c4ccc(C)c(C)c4)c(C)c3)cc2C)cc1C. The summed E-state index contributed by atoms with van der Waals surface area (Å²) in [5, 5.41) is 0. The van der Waals surface area contributed by atoms with Gasteiger partial charge in [0.1, 0.15) is 0 Å². The fraction of sp³-hybridized carbons (Fsp3) is 0.441. The van der Waals surface area contributed by atoms with E-state index in [0.29, 0.717) is 51.7 Å². The molecule has 0 amide bonds. The molecule has 0 aliphatic heterocycles. The molecule has 6 aromatic carbocycles. The maximum atomic E-state index is 12.9. The van der Waals surface area contributed by atoms with Crippen molar-refractivity contribution in [1.29, 1.82) is 0 Å². The van der Waals surface area contributed by atoms with Crippen LogP contribution >= 0.6 is 0 Å². The van der Waals surface area contributed by atoms with Crippen LogP contribution < -0.4 is 9.80 Å². The number of benzene rings is 6. The van der Waals surface area contributed by atoms with Gasteiger partial charge >= 0.3 is 29.1 Å². The Hall–Kier alpha value is -5.87. The molecule has 12 heteroatoms. The maximum absolute atomic E-state index is 12.9. The number of esters is 2. The van der Waals surface area contributed by atoms with E-state index in [1.54, 1.807) is 0 Å². The van der Waals surface area contributed by atoms with E-state index in [1.807, 2.05) is 55.4 Å². The molecule has 6 rings (SSSR count). The minimum Gasteiger partial charge on any atom is -0.466 e. The maximum Gasteiger partial charge on any atom is 0.335 e. The molecule has 0 aliphatic rings. The molecule has 0 unspecified atom stereocenters. The number of hydrogen-bond donors (Lipinski definition) is 0. The van der Waals surface area contributed by atoms with Crippen LogP contribution in [0.25, 0.3) is 11.1 Å². The van der Waals surface area contributed by atoms with E-state index in [-0.39, 0.29) is 36.4 Å². The number of rotatable bonds is 29. The van der Waals surface area contributed by atoms with Gasteiger partial charge in [0.2, 0.25) is 0 Å². The molecule has 0 fully saturated rings. The second-order valence-electron chi connectivity index (χ2n) is 23.1. The third-order valence-corrected chi connectivity index (χ3v) is 20.8. The molecule has 6 aromatic rings. The van der Waals surface area contributed by atoms with Crippen LogP contribution in [0.3, 0.4) is 0 Å². The number of ether oxygens (including phenoxy) is 2. The second kappa shape index (κ2) is 29.2. The summed E-state index contributed by atoms with van der Waals surface area (Å²) < 4.78 is 36.2. The van der Waals surface area contributed by atoms with E-state index in [0.717, 1.165) is 79.6 Å². The molecule has 80 heavy (non-hydrogen) atoms. The summed E-state index contributed by atoms with van der Waals surface area (Å²) in [6.07, 6.45) is 3.58. The molecule has 0 aliphatic carbocycles. The Labute approximate surface area is 482 Å². The van der Waals surface area contributed by atoms with Crippen LogP contribution in [-0.2, 0) is 49.6 Å². The van der Waals surface area contributed by atoms with Gasteiger partial charge in [0.05, 0.1) is 13.2 Å². The van der Waals surface area contributed by atoms with E-state index >= 15 is 0 Å². The molecular formula is C68H92N2O8Si2. The van der Waals surface area contributed by atoms with Crippen LogP contribution in [0.15, 0.2) is 121 Å². The summed E-state index contributed by atoms with van der Waals surface area (Å²) in [6, 6.07) is 45.4. The molecule has 0 N–H and O–H groups in total. The lowest BCUT2D eigenvalue weighted by atomic mass is 9.98. The highest BCUT2D eigenvalue weighted by molar-refractivity contribution is 6.66. The molecule has 0 aromatic heterocycles. The zero-order valence-corrected chi connectivity index (χ0v) is 53.1. The van der Waals surface area contributed by atoms with Gasteiger partial charge in [-0.05, 0) is 276 Å². The Morgan fingerprint density at radius 2 is 0.725 bits per heavy atom. The molecule has 0 heterocycles. The van der Waals surface area contributed by atoms with Crippen LogP contribution in [0.1, 0.15) is 126 Å². The smallest absolute Gasteiger partial charge is 0.335 e. The van der Waals surface area contributed by atoms with Crippen molar-refractivity contribution < 1.29 is 36.8 Å². The van der Waals surface area contributed by atoms with Crippen molar-refractivity contribution in [2.45, 2.75) is 185 Å². The first kappa shape index (κ1) is 63.3. The van der Waals surface area contributed by atoms with Crippen LogP contribution in [-0.4, -0.2) is 66.7 Å². The van der Waals surface area contributed by atoms with Crippen molar-refractivity contribution in [1.82, 2.24) is 0 Å². The number of hydrogen-bond acceptors (Lipinski definition) is 10. The quantitative estimate of drug-likeness (QED) is 0.0257. The number of carbonyl (C=O) groups is 2. The Morgan fingerprint density at radius 1 is 0.400 bits per heavy atom. The van der Waals surface area contributed by atoms with Gasteiger partial charge in [0.15, 0.2) is 0 Å². The monoisotopic (exact) mass is 1120 g/mol. The zero-order chi connectivity index (χ0) is 58.3. The van der Waals surface area contributed by atoms with E-state index in [4.69, 9.17) is 27.2 Å². The number of anilines is 6. The molecule has 0 bridgehead atoms. The summed E-state index contributed by atoms with van der Waals surface area (Å²) in [6.45, 7) is 34.2. The van der Waals surface area contributed by atoms with Gasteiger partial charge < -0.3 is 37.0 Å². The van der Waals surface area contributed by atoms with Crippen molar-refractivity contribution in [2.75, 3.05) is 23.0 Å². The summed E-state index contributed by atoms with van der Waals surface area (Å²) in [4.78, 5) is 30.4. The molecule has 430 valence electrons. The Morgan fingerprint density at radius 3 is 1.02 bits per heavy atom. The minimum absolute atomic E-state index is 0.0871. The van der Waals surface area contributed by atoms with Crippen LogP contribution in [0.5, 0.6) is 0 Å². The largest absolute Gasteiger partial charge is 0.466 e. The number of nitrogens with zero attached hydrogens (tertiary/aromatic N) is 2. The van der Waals surface area contributed by atoms with Crippen LogP contribution in [0.2, 0.25) is 25.2 Å². The van der Waals surface area contributed by atoms with E-state index < -0.39 is 17.1 Å². The fourth-order valence-corrected chi connectivity index (χ4v) is 16.6. The van der Waals surface area contributed by atoms with Crippen molar-refractivity contribution in [3.8, 4) is 11.1 Å². The van der Waals surface area contributed by atoms with Gasteiger partial charge in [0.25, 0.3) is 0 Å². The van der Waals surface area contributed by atoms with Crippen molar-refractivity contribution in [2.24, 2.45) is 0 Å². The number of aryl methyl sites for hydroxylation is 8. The highest BCUT2D eigenvalue weighted by atomic mass is 28.4. The lowest BCUT2D eigenvalue weighted by molar-refractivity contribution is -0.144. The van der Waals surface area contributed by atoms with E-state index in [9.17, 15) is 9.59 Å². The van der Waals surface area contributed by atoms with Crippen molar-refractivity contribution in [3.63, 3.8) is 0 Å². The normalized spacial score (nSPS) is 12.0. The second-order valence-corrected chi connectivity index (χ2v) is 29.6. The minimum atomic E-state index is -2.36. The molecule has 0 radical (unpaired) electrons. The molecule has 10 nitrogen and oxygen atoms in total. The van der Waals surface area contributed by atoms with Crippen molar-refractivity contribution >= 4 is 63.2 Å². The van der Waals surface area contributed by atoms with E-state index in [1.165, 1.54) is 22.3 Å². The highest BCUT2D eigenvalue weighted by Crippen LogP contribution is 2.42. The lowest BCUT2D eigenvalue weighted by Crippen LogP contribution is -2.43. The van der Waals surface area contributed by atoms with E-state index in [2.05, 4.69) is 186 Å². The summed E-state index contributed by atoms with van der Waals surface area (Å²) in [7, 11) is -4.73. The lowest BCUT2D eigenvalue weighted by Gasteiger charge is -2.31. The van der Waals surface area contributed by atoms with Gasteiger partial charge in [-0.25, -0.2) is 0 Å². The summed E-state index contributed by atoms with van der Waals surface area (Å²) in [5.41, 5.74) is 18.0. The molecule has 0 spiro atoms. The number of carbonyl (C=O) groups excluding carboxylic acids is 2. The fourth-order valence-electron chi connectivity index (χ4n) is 10.5. The van der Waals surface area contributed by atoms with Crippen LogP contribution in [0, 0.1) is 41.5 Å². The van der Waals surface area contributed by atoms with Gasteiger partial charge in [-0.2, -0.15) is 0 Å².